The standard InChI is InChI=1S/C16H23NO2.ClH/c1-6-16(7-2)10-12-8-14(18-4)15(19-5)9-13(12)11(3)17-16;/h8-9H,6-7,10H2,1-5H3;1H. The molecular weight excluding hydrogens is 274 g/mol. The lowest BCUT2D eigenvalue weighted by molar-refractivity contribution is 0.351. The second-order valence-electron chi connectivity index (χ2n) is 5.17. The maximum atomic E-state index is 5.41. The van der Waals surface area contributed by atoms with Crippen LogP contribution in [0.4, 0.5) is 0 Å². The van der Waals surface area contributed by atoms with Crippen LogP contribution in [0.5, 0.6) is 11.5 Å². The van der Waals surface area contributed by atoms with Crippen LogP contribution in [-0.4, -0.2) is 25.5 Å². The summed E-state index contributed by atoms with van der Waals surface area (Å²) >= 11 is 0. The molecule has 1 aliphatic heterocycles. The fraction of sp³-hybridized carbons (Fsp3) is 0.562. The predicted octanol–water partition coefficient (Wildman–Crippen LogP) is 4.05. The molecule has 1 aromatic carbocycles. The van der Waals surface area contributed by atoms with Gasteiger partial charge in [-0.25, -0.2) is 0 Å². The highest BCUT2D eigenvalue weighted by Crippen LogP contribution is 2.38. The quantitative estimate of drug-likeness (QED) is 0.839. The summed E-state index contributed by atoms with van der Waals surface area (Å²) in [5.41, 5.74) is 3.66. The number of rotatable bonds is 4. The number of aliphatic imine (C=N–C) groups is 1. The minimum Gasteiger partial charge on any atom is -0.493 e. The van der Waals surface area contributed by atoms with Gasteiger partial charge in [0.15, 0.2) is 11.5 Å². The Bertz CT molecular complexity index is 507. The van der Waals surface area contributed by atoms with Crippen molar-refractivity contribution in [3.8, 4) is 11.5 Å². The van der Waals surface area contributed by atoms with Crippen LogP contribution in [-0.2, 0) is 6.42 Å². The fourth-order valence-electron chi connectivity index (χ4n) is 2.87. The molecule has 1 heterocycles. The molecule has 0 saturated carbocycles. The van der Waals surface area contributed by atoms with Gasteiger partial charge >= 0.3 is 0 Å². The van der Waals surface area contributed by atoms with Crippen LogP contribution >= 0.6 is 12.4 Å². The Morgan fingerprint density at radius 3 is 2.15 bits per heavy atom. The van der Waals surface area contributed by atoms with E-state index >= 15 is 0 Å². The van der Waals surface area contributed by atoms with Crippen molar-refractivity contribution in [1.29, 1.82) is 0 Å². The van der Waals surface area contributed by atoms with Gasteiger partial charge in [0, 0.05) is 11.3 Å². The summed E-state index contributed by atoms with van der Waals surface area (Å²) in [5, 5.41) is 0. The molecule has 0 N–H and O–H groups in total. The number of halogens is 1. The van der Waals surface area contributed by atoms with Gasteiger partial charge in [-0.2, -0.15) is 0 Å². The molecule has 1 aliphatic rings. The lowest BCUT2D eigenvalue weighted by Gasteiger charge is -2.33. The molecule has 0 unspecified atom stereocenters. The summed E-state index contributed by atoms with van der Waals surface area (Å²) in [6.45, 7) is 6.52. The maximum Gasteiger partial charge on any atom is 0.161 e. The van der Waals surface area contributed by atoms with Crippen molar-refractivity contribution in [1.82, 2.24) is 0 Å². The summed E-state index contributed by atoms with van der Waals surface area (Å²) in [4.78, 5) is 4.94. The molecule has 0 bridgehead atoms. The lowest BCUT2D eigenvalue weighted by Crippen LogP contribution is -2.33. The topological polar surface area (TPSA) is 30.8 Å². The average molecular weight is 298 g/mol. The van der Waals surface area contributed by atoms with Gasteiger partial charge in [-0.3, -0.25) is 4.99 Å². The van der Waals surface area contributed by atoms with E-state index in [1.807, 2.05) is 6.07 Å². The van der Waals surface area contributed by atoms with Gasteiger partial charge in [0.2, 0.25) is 0 Å². The van der Waals surface area contributed by atoms with E-state index in [-0.39, 0.29) is 17.9 Å². The molecule has 2 rings (SSSR count). The fourth-order valence-corrected chi connectivity index (χ4v) is 2.87. The Hall–Kier alpha value is -1.22. The molecule has 0 radical (unpaired) electrons. The Morgan fingerprint density at radius 2 is 1.65 bits per heavy atom. The third-order valence-electron chi connectivity index (χ3n) is 4.24. The van der Waals surface area contributed by atoms with E-state index in [1.165, 1.54) is 11.1 Å². The van der Waals surface area contributed by atoms with Crippen molar-refractivity contribution in [2.45, 2.75) is 45.6 Å². The zero-order valence-electron chi connectivity index (χ0n) is 12.9. The van der Waals surface area contributed by atoms with E-state index in [0.717, 1.165) is 36.5 Å². The molecule has 1 aromatic rings. The van der Waals surface area contributed by atoms with Crippen molar-refractivity contribution < 1.29 is 9.47 Å². The first kappa shape index (κ1) is 16.8. The lowest BCUT2D eigenvalue weighted by atomic mass is 9.81. The Balaban J connectivity index is 0.00000200. The molecule has 0 aromatic heterocycles. The Morgan fingerprint density at radius 1 is 1.10 bits per heavy atom. The molecule has 20 heavy (non-hydrogen) atoms. The number of ether oxygens (including phenoxy) is 2. The number of hydrogen-bond donors (Lipinski definition) is 0. The first-order valence-electron chi connectivity index (χ1n) is 6.91. The van der Waals surface area contributed by atoms with E-state index in [4.69, 9.17) is 14.5 Å². The molecule has 112 valence electrons. The third kappa shape index (κ3) is 2.78. The van der Waals surface area contributed by atoms with Crippen molar-refractivity contribution in [2.75, 3.05) is 14.2 Å². The number of fused-ring (bicyclic) bond motifs is 1. The molecule has 0 atom stereocenters. The second-order valence-corrected chi connectivity index (χ2v) is 5.17. The normalized spacial score (nSPS) is 15.8. The van der Waals surface area contributed by atoms with Gasteiger partial charge in [0.05, 0.1) is 19.8 Å². The smallest absolute Gasteiger partial charge is 0.161 e. The van der Waals surface area contributed by atoms with Crippen LogP contribution in [0.25, 0.3) is 0 Å². The van der Waals surface area contributed by atoms with E-state index in [9.17, 15) is 0 Å². The first-order chi connectivity index (χ1) is 9.09. The molecule has 0 spiro atoms. The summed E-state index contributed by atoms with van der Waals surface area (Å²) in [6, 6.07) is 4.15. The zero-order chi connectivity index (χ0) is 14.0. The highest BCUT2D eigenvalue weighted by molar-refractivity contribution is 6.01. The monoisotopic (exact) mass is 297 g/mol. The average Bonchev–Trinajstić information content (AvgIpc) is 2.45. The van der Waals surface area contributed by atoms with Crippen molar-refractivity contribution in [3.05, 3.63) is 23.3 Å². The largest absolute Gasteiger partial charge is 0.493 e. The molecule has 0 saturated heterocycles. The summed E-state index contributed by atoms with van der Waals surface area (Å²) in [6.07, 6.45) is 3.11. The van der Waals surface area contributed by atoms with Crippen LogP contribution in [0.15, 0.2) is 17.1 Å². The molecule has 0 aliphatic carbocycles. The summed E-state index contributed by atoms with van der Waals surface area (Å²) in [5.74, 6) is 1.58. The van der Waals surface area contributed by atoms with Crippen molar-refractivity contribution in [2.24, 2.45) is 4.99 Å². The number of methoxy groups -OCH3 is 2. The van der Waals surface area contributed by atoms with Crippen molar-refractivity contribution in [3.63, 3.8) is 0 Å². The molecule has 3 nitrogen and oxygen atoms in total. The minimum absolute atomic E-state index is 0. The first-order valence-corrected chi connectivity index (χ1v) is 6.91. The molecule has 0 amide bonds. The second kappa shape index (κ2) is 6.49. The van der Waals surface area contributed by atoms with E-state index < -0.39 is 0 Å². The Labute approximate surface area is 127 Å². The number of benzene rings is 1. The highest BCUT2D eigenvalue weighted by Gasteiger charge is 2.31. The zero-order valence-corrected chi connectivity index (χ0v) is 13.8. The van der Waals surface area contributed by atoms with E-state index in [1.54, 1.807) is 14.2 Å². The third-order valence-corrected chi connectivity index (χ3v) is 4.24. The molecule has 4 heteroatoms. The highest BCUT2D eigenvalue weighted by atomic mass is 35.5. The number of nitrogens with zero attached hydrogens (tertiary/aromatic N) is 1. The minimum atomic E-state index is 0. The maximum absolute atomic E-state index is 5.41. The van der Waals surface area contributed by atoms with Crippen LogP contribution in [0.2, 0.25) is 0 Å². The number of hydrogen-bond acceptors (Lipinski definition) is 3. The van der Waals surface area contributed by atoms with Crippen molar-refractivity contribution >= 4 is 18.1 Å². The van der Waals surface area contributed by atoms with Gasteiger partial charge in [0.1, 0.15) is 0 Å². The summed E-state index contributed by atoms with van der Waals surface area (Å²) in [7, 11) is 3.35. The molecule has 0 fully saturated rings. The molecular formula is C16H24ClNO2. The van der Waals surface area contributed by atoms with E-state index in [0.29, 0.717) is 0 Å². The van der Waals surface area contributed by atoms with Gasteiger partial charge in [-0.05, 0) is 43.9 Å². The SMILES string of the molecule is CCC1(CC)Cc2cc(OC)c(OC)cc2C(C)=N1.Cl. The van der Waals surface area contributed by atoms with Gasteiger partial charge in [-0.1, -0.05) is 13.8 Å². The predicted molar refractivity (Wildman–Crippen MR) is 86.0 cm³/mol. The van der Waals surface area contributed by atoms with Gasteiger partial charge < -0.3 is 9.47 Å². The Kier molecular flexibility index (Phi) is 5.46. The van der Waals surface area contributed by atoms with Gasteiger partial charge in [0.25, 0.3) is 0 Å². The van der Waals surface area contributed by atoms with Crippen LogP contribution in [0.3, 0.4) is 0 Å². The van der Waals surface area contributed by atoms with Crippen LogP contribution < -0.4 is 9.47 Å². The van der Waals surface area contributed by atoms with Gasteiger partial charge in [-0.15, -0.1) is 12.4 Å². The van der Waals surface area contributed by atoms with E-state index in [2.05, 4.69) is 26.8 Å². The summed E-state index contributed by atoms with van der Waals surface area (Å²) < 4.78 is 10.8. The van der Waals surface area contributed by atoms with Crippen LogP contribution in [0, 0.1) is 0 Å². The van der Waals surface area contributed by atoms with Crippen LogP contribution in [0.1, 0.15) is 44.7 Å².